The molecule has 3 rings (SSSR count). The molecule has 0 aliphatic carbocycles. The number of hydrogen-bond donors (Lipinski definition) is 2. The Morgan fingerprint density at radius 1 is 1.45 bits per heavy atom. The Labute approximate surface area is 117 Å². The van der Waals surface area contributed by atoms with Crippen molar-refractivity contribution in [3.8, 4) is 0 Å². The maximum atomic E-state index is 11.4. The number of carboxylic acids is 1. The van der Waals surface area contributed by atoms with Gasteiger partial charge in [0.15, 0.2) is 5.13 Å². The fourth-order valence-electron chi connectivity index (χ4n) is 1.82. The van der Waals surface area contributed by atoms with Crippen LogP contribution in [0.5, 0.6) is 0 Å². The molecule has 20 heavy (non-hydrogen) atoms. The molecule has 2 N–H and O–H groups in total. The normalized spacial score (nSPS) is 18.5. The van der Waals surface area contributed by atoms with Gasteiger partial charge in [-0.1, -0.05) is 23.5 Å². The van der Waals surface area contributed by atoms with Crippen molar-refractivity contribution in [2.45, 2.75) is 12.5 Å². The first-order valence-corrected chi connectivity index (χ1v) is 6.64. The maximum Gasteiger partial charge on any atom is 0.229 e. The van der Waals surface area contributed by atoms with Crippen LogP contribution in [0.4, 0.5) is 5.13 Å². The summed E-state index contributed by atoms with van der Waals surface area (Å²) in [4.78, 5) is 30.4. The first-order valence-electron chi connectivity index (χ1n) is 5.83. The average molecular weight is 289 g/mol. The molecule has 0 radical (unpaired) electrons. The standard InChI is InChI=1S/C12H10N4O3S/c17-9-5-7(10(18)19)13-11(15-9)16-12-14-6-3-1-2-4-8(6)20-12/h1-4,7H,5H2,(H,18,19)(H2,13,14,15,16,17)/p-1/t7-/m1/s1. The van der Waals surface area contributed by atoms with Gasteiger partial charge in [0, 0.05) is 0 Å². The number of aliphatic carboxylic acids is 1. The molecule has 1 amide bonds. The van der Waals surface area contributed by atoms with Gasteiger partial charge in [0.05, 0.1) is 22.6 Å². The minimum atomic E-state index is -1.37. The monoisotopic (exact) mass is 289 g/mol. The number of amides is 1. The first-order chi connectivity index (χ1) is 9.61. The fourth-order valence-corrected chi connectivity index (χ4v) is 2.68. The summed E-state index contributed by atoms with van der Waals surface area (Å²) < 4.78 is 0.981. The summed E-state index contributed by atoms with van der Waals surface area (Å²) in [7, 11) is 0. The minimum Gasteiger partial charge on any atom is -0.548 e. The van der Waals surface area contributed by atoms with Crippen molar-refractivity contribution < 1.29 is 14.7 Å². The SMILES string of the molecule is O=C1C[C@H](C(=O)[O-])N=C(Nc2nc3ccccc3s2)N1. The van der Waals surface area contributed by atoms with Crippen molar-refractivity contribution in [2.75, 3.05) is 5.32 Å². The number of carboxylic acid groups (broad SMARTS) is 1. The molecule has 1 aliphatic rings. The molecule has 1 aromatic carbocycles. The van der Waals surface area contributed by atoms with Gasteiger partial charge in [-0.3, -0.25) is 10.1 Å². The number of aliphatic imine (C=N–C) groups is 1. The molecule has 2 heterocycles. The van der Waals surface area contributed by atoms with Crippen LogP contribution in [0.15, 0.2) is 29.3 Å². The van der Waals surface area contributed by atoms with Crippen molar-refractivity contribution >= 4 is 44.5 Å². The van der Waals surface area contributed by atoms with Gasteiger partial charge in [-0.2, -0.15) is 0 Å². The van der Waals surface area contributed by atoms with Crippen LogP contribution < -0.4 is 15.7 Å². The van der Waals surface area contributed by atoms with Gasteiger partial charge in [0.25, 0.3) is 0 Å². The fraction of sp³-hybridized carbons (Fsp3) is 0.167. The van der Waals surface area contributed by atoms with E-state index in [2.05, 4.69) is 20.6 Å². The summed E-state index contributed by atoms with van der Waals surface area (Å²) in [5, 5.41) is 16.6. The van der Waals surface area contributed by atoms with Crippen molar-refractivity contribution in [3.63, 3.8) is 0 Å². The zero-order valence-electron chi connectivity index (χ0n) is 10.1. The molecule has 0 bridgehead atoms. The van der Waals surface area contributed by atoms with Gasteiger partial charge >= 0.3 is 0 Å². The lowest BCUT2D eigenvalue weighted by molar-refractivity contribution is -0.307. The summed E-state index contributed by atoms with van der Waals surface area (Å²) in [6.07, 6.45) is -0.215. The summed E-state index contributed by atoms with van der Waals surface area (Å²) in [6, 6.07) is 6.39. The van der Waals surface area contributed by atoms with Gasteiger partial charge in [0.1, 0.15) is 6.04 Å². The minimum absolute atomic E-state index is 0.0782. The number of anilines is 1. The second-order valence-electron chi connectivity index (χ2n) is 4.18. The number of nitrogens with zero attached hydrogens (tertiary/aromatic N) is 2. The molecule has 0 saturated carbocycles. The third-order valence-electron chi connectivity index (χ3n) is 2.71. The lowest BCUT2D eigenvalue weighted by Gasteiger charge is -2.21. The van der Waals surface area contributed by atoms with Crippen LogP contribution in [0, 0.1) is 0 Å². The number of benzene rings is 1. The van der Waals surface area contributed by atoms with Crippen molar-refractivity contribution in [1.29, 1.82) is 0 Å². The van der Waals surface area contributed by atoms with E-state index in [9.17, 15) is 14.7 Å². The number of fused-ring (bicyclic) bond motifs is 1. The Hall–Kier alpha value is -2.48. The molecule has 1 aliphatic heterocycles. The maximum absolute atomic E-state index is 11.4. The number of guanidine groups is 1. The molecule has 8 heteroatoms. The predicted octanol–water partition coefficient (Wildman–Crippen LogP) is -0.297. The zero-order valence-corrected chi connectivity index (χ0v) is 10.9. The Balaban J connectivity index is 1.86. The van der Waals surface area contributed by atoms with Crippen LogP contribution in [-0.2, 0) is 9.59 Å². The molecule has 0 spiro atoms. The van der Waals surface area contributed by atoms with Gasteiger partial charge in [-0.05, 0) is 12.1 Å². The van der Waals surface area contributed by atoms with E-state index in [1.54, 1.807) is 0 Å². The molecule has 7 nitrogen and oxygen atoms in total. The van der Waals surface area contributed by atoms with Crippen LogP contribution in [0.1, 0.15) is 6.42 Å². The number of nitrogens with one attached hydrogen (secondary N) is 2. The Kier molecular flexibility index (Phi) is 3.07. The summed E-state index contributed by atoms with van der Waals surface area (Å²) in [5.74, 6) is -1.71. The third kappa shape index (κ3) is 2.45. The number of para-hydroxylation sites is 1. The summed E-state index contributed by atoms with van der Waals surface area (Å²) in [6.45, 7) is 0. The molecule has 1 aromatic heterocycles. The van der Waals surface area contributed by atoms with Crippen molar-refractivity contribution in [2.24, 2.45) is 4.99 Å². The predicted molar refractivity (Wildman–Crippen MR) is 72.2 cm³/mol. The topological polar surface area (TPSA) is 107 Å². The molecular formula is C12H9N4O3S-. The number of hydrogen-bond acceptors (Lipinski definition) is 7. The molecule has 1 atom stereocenters. The highest BCUT2D eigenvalue weighted by Gasteiger charge is 2.22. The van der Waals surface area contributed by atoms with Crippen molar-refractivity contribution in [3.05, 3.63) is 24.3 Å². The second-order valence-corrected chi connectivity index (χ2v) is 5.21. The second kappa shape index (κ2) is 4.89. The average Bonchev–Trinajstić information content (AvgIpc) is 2.79. The lowest BCUT2D eigenvalue weighted by Crippen LogP contribution is -2.47. The summed E-state index contributed by atoms with van der Waals surface area (Å²) in [5.41, 5.74) is 0.819. The highest BCUT2D eigenvalue weighted by atomic mass is 32.1. The molecule has 0 saturated heterocycles. The van der Waals surface area contributed by atoms with E-state index in [0.29, 0.717) is 5.13 Å². The van der Waals surface area contributed by atoms with E-state index in [1.807, 2.05) is 24.3 Å². The van der Waals surface area contributed by atoms with E-state index in [4.69, 9.17) is 0 Å². The number of thiazole rings is 1. The van der Waals surface area contributed by atoms with Gasteiger partial charge in [-0.25, -0.2) is 9.98 Å². The quantitative estimate of drug-likeness (QED) is 0.789. The molecule has 102 valence electrons. The number of carbonyl (C=O) groups is 2. The van der Waals surface area contributed by atoms with Crippen molar-refractivity contribution in [1.82, 2.24) is 10.3 Å². The van der Waals surface area contributed by atoms with E-state index in [-0.39, 0.29) is 12.4 Å². The third-order valence-corrected chi connectivity index (χ3v) is 3.66. The highest BCUT2D eigenvalue weighted by molar-refractivity contribution is 7.22. The van der Waals surface area contributed by atoms with Crippen LogP contribution in [0.25, 0.3) is 10.2 Å². The largest absolute Gasteiger partial charge is 0.548 e. The first kappa shape index (κ1) is 12.5. The van der Waals surface area contributed by atoms with Crippen LogP contribution >= 0.6 is 11.3 Å². The Morgan fingerprint density at radius 2 is 2.25 bits per heavy atom. The number of aromatic nitrogens is 1. The molecule has 0 unspecified atom stereocenters. The highest BCUT2D eigenvalue weighted by Crippen LogP contribution is 2.25. The summed E-state index contributed by atoms with van der Waals surface area (Å²) >= 11 is 1.38. The smallest absolute Gasteiger partial charge is 0.229 e. The van der Waals surface area contributed by atoms with Crippen LogP contribution in [0.3, 0.4) is 0 Å². The molecule has 2 aromatic rings. The number of rotatable bonds is 2. The molecule has 0 fully saturated rings. The van der Waals surface area contributed by atoms with Crippen LogP contribution in [-0.4, -0.2) is 28.9 Å². The van der Waals surface area contributed by atoms with E-state index in [1.165, 1.54) is 11.3 Å². The number of carbonyl (C=O) groups excluding carboxylic acids is 2. The van der Waals surface area contributed by atoms with E-state index in [0.717, 1.165) is 10.2 Å². The van der Waals surface area contributed by atoms with Gasteiger partial charge in [0.2, 0.25) is 11.9 Å². The Morgan fingerprint density at radius 3 is 3.00 bits per heavy atom. The van der Waals surface area contributed by atoms with E-state index < -0.39 is 17.9 Å². The van der Waals surface area contributed by atoms with Crippen LogP contribution in [0.2, 0.25) is 0 Å². The van der Waals surface area contributed by atoms with E-state index >= 15 is 0 Å². The van der Waals surface area contributed by atoms with Gasteiger partial charge < -0.3 is 15.2 Å². The molecular weight excluding hydrogens is 280 g/mol. The lowest BCUT2D eigenvalue weighted by atomic mass is 10.2. The zero-order chi connectivity index (χ0) is 14.1. The Bertz CT molecular complexity index is 691. The van der Waals surface area contributed by atoms with Gasteiger partial charge in [-0.15, -0.1) is 0 Å².